The minimum Gasteiger partial charge on any atom is -0.368 e. The van der Waals surface area contributed by atoms with Crippen LogP contribution in [-0.4, -0.2) is 22.0 Å². The van der Waals surface area contributed by atoms with Crippen LogP contribution in [0.2, 0.25) is 0 Å². The molecule has 0 spiro atoms. The van der Waals surface area contributed by atoms with Crippen LogP contribution < -0.4 is 11.1 Å². The molecule has 0 aromatic carbocycles. The Kier molecular flexibility index (Phi) is 4.98. The summed E-state index contributed by atoms with van der Waals surface area (Å²) in [6.45, 7) is 5.76. The average molecular weight is 224 g/mol. The number of primary amides is 1. The lowest BCUT2D eigenvalue weighted by molar-refractivity contribution is -0.121. The number of carbonyl (C=O) groups excluding carboxylic acids is 1. The highest BCUT2D eigenvalue weighted by molar-refractivity contribution is 5.78. The molecule has 0 bridgehead atoms. The van der Waals surface area contributed by atoms with Crippen molar-refractivity contribution in [3.63, 3.8) is 0 Å². The van der Waals surface area contributed by atoms with Crippen LogP contribution in [0.1, 0.15) is 38.4 Å². The van der Waals surface area contributed by atoms with Gasteiger partial charge in [-0.3, -0.25) is 4.79 Å². The molecule has 1 aromatic rings. The van der Waals surface area contributed by atoms with Gasteiger partial charge in [0.05, 0.1) is 12.0 Å². The molecule has 1 aromatic heterocycles. The van der Waals surface area contributed by atoms with Crippen molar-refractivity contribution in [3.05, 3.63) is 18.2 Å². The molecule has 3 N–H and O–H groups in total. The fourth-order valence-corrected chi connectivity index (χ4v) is 1.59. The highest BCUT2D eigenvalue weighted by Gasteiger charge is 2.14. The van der Waals surface area contributed by atoms with Crippen LogP contribution >= 0.6 is 0 Å². The van der Waals surface area contributed by atoms with Crippen molar-refractivity contribution >= 4 is 5.91 Å². The second-order valence-corrected chi connectivity index (χ2v) is 3.82. The summed E-state index contributed by atoms with van der Waals surface area (Å²) in [6.07, 6.45) is 5.33. The van der Waals surface area contributed by atoms with Gasteiger partial charge in [0.15, 0.2) is 0 Å². The maximum absolute atomic E-state index is 11.2. The zero-order chi connectivity index (χ0) is 12.0. The monoisotopic (exact) mass is 224 g/mol. The Morgan fingerprint density at radius 2 is 2.38 bits per heavy atom. The minimum absolute atomic E-state index is 0.285. The summed E-state index contributed by atoms with van der Waals surface area (Å²) in [6, 6.07) is -0.285. The van der Waals surface area contributed by atoms with E-state index >= 15 is 0 Å². The van der Waals surface area contributed by atoms with E-state index in [9.17, 15) is 4.79 Å². The van der Waals surface area contributed by atoms with Crippen LogP contribution in [0.15, 0.2) is 12.5 Å². The third-order valence-corrected chi connectivity index (χ3v) is 2.46. The molecule has 1 amide bonds. The van der Waals surface area contributed by atoms with Crippen molar-refractivity contribution in [3.8, 4) is 0 Å². The Bertz CT molecular complexity index is 334. The molecule has 1 heterocycles. The number of aromatic nitrogens is 2. The van der Waals surface area contributed by atoms with Gasteiger partial charge in [-0.2, -0.15) is 0 Å². The highest BCUT2D eigenvalue weighted by atomic mass is 16.1. The van der Waals surface area contributed by atoms with Crippen LogP contribution in [0.4, 0.5) is 0 Å². The van der Waals surface area contributed by atoms with Crippen molar-refractivity contribution in [2.45, 2.75) is 39.3 Å². The average Bonchev–Trinajstić information content (AvgIpc) is 2.67. The third kappa shape index (κ3) is 3.34. The fraction of sp³-hybridized carbons (Fsp3) is 0.636. The lowest BCUT2D eigenvalue weighted by atomic mass is 10.2. The van der Waals surface area contributed by atoms with Gasteiger partial charge in [-0.05, 0) is 19.4 Å². The van der Waals surface area contributed by atoms with Crippen molar-refractivity contribution in [2.75, 3.05) is 6.54 Å². The van der Waals surface area contributed by atoms with E-state index in [1.165, 1.54) is 0 Å². The smallest absolute Gasteiger partial charge is 0.240 e. The third-order valence-electron chi connectivity index (χ3n) is 2.46. The predicted molar refractivity (Wildman–Crippen MR) is 62.7 cm³/mol. The van der Waals surface area contributed by atoms with Crippen LogP contribution in [0.5, 0.6) is 0 Å². The molecule has 0 aliphatic heterocycles. The standard InChI is InChI=1S/C11H20N4O/c1-3-5-13-6-9-7-15(8-14-9)10(4-2)11(12)16/h7-8,10,13H,3-6H2,1-2H3,(H2,12,16). The first-order valence-electron chi connectivity index (χ1n) is 5.71. The van der Waals surface area contributed by atoms with E-state index in [2.05, 4.69) is 17.2 Å². The molecular formula is C11H20N4O. The summed E-state index contributed by atoms with van der Waals surface area (Å²) >= 11 is 0. The van der Waals surface area contributed by atoms with Gasteiger partial charge in [-0.15, -0.1) is 0 Å². The summed E-state index contributed by atoms with van der Waals surface area (Å²) in [5, 5.41) is 3.26. The SMILES string of the molecule is CCCNCc1cn(C(CC)C(N)=O)cn1. The number of hydrogen-bond acceptors (Lipinski definition) is 3. The van der Waals surface area contributed by atoms with Crippen LogP contribution in [0.3, 0.4) is 0 Å². The van der Waals surface area contributed by atoms with E-state index in [1.807, 2.05) is 13.1 Å². The Hall–Kier alpha value is -1.36. The van der Waals surface area contributed by atoms with Gasteiger partial charge < -0.3 is 15.6 Å². The number of nitrogens with one attached hydrogen (secondary N) is 1. The molecule has 0 saturated carbocycles. The van der Waals surface area contributed by atoms with E-state index in [0.29, 0.717) is 6.42 Å². The summed E-state index contributed by atoms with van der Waals surface area (Å²) in [5.74, 6) is -0.312. The number of nitrogens with two attached hydrogens (primary N) is 1. The minimum atomic E-state index is -0.312. The molecule has 90 valence electrons. The first-order chi connectivity index (χ1) is 7.69. The Labute approximate surface area is 96.0 Å². The normalized spacial score (nSPS) is 12.6. The molecule has 5 heteroatoms. The van der Waals surface area contributed by atoms with Gasteiger partial charge in [0.25, 0.3) is 0 Å². The molecule has 5 nitrogen and oxygen atoms in total. The number of carbonyl (C=O) groups is 1. The van der Waals surface area contributed by atoms with Crippen LogP contribution in [0, 0.1) is 0 Å². The lowest BCUT2D eigenvalue weighted by Crippen LogP contribution is -2.25. The van der Waals surface area contributed by atoms with Gasteiger partial charge in [-0.25, -0.2) is 4.98 Å². The van der Waals surface area contributed by atoms with Crippen molar-refractivity contribution < 1.29 is 4.79 Å². The maximum atomic E-state index is 11.2. The van der Waals surface area contributed by atoms with Crippen molar-refractivity contribution in [2.24, 2.45) is 5.73 Å². The summed E-state index contributed by atoms with van der Waals surface area (Å²) in [4.78, 5) is 15.4. The molecule has 16 heavy (non-hydrogen) atoms. The van der Waals surface area contributed by atoms with Crippen molar-refractivity contribution in [1.82, 2.24) is 14.9 Å². The van der Waals surface area contributed by atoms with Crippen molar-refractivity contribution in [1.29, 1.82) is 0 Å². The molecule has 0 aliphatic rings. The van der Waals surface area contributed by atoms with E-state index in [4.69, 9.17) is 5.73 Å². The molecule has 0 saturated heterocycles. The Balaban J connectivity index is 2.59. The number of imidazole rings is 1. The first kappa shape index (κ1) is 12.7. The van der Waals surface area contributed by atoms with Gasteiger partial charge in [0.2, 0.25) is 5.91 Å². The molecule has 1 atom stereocenters. The highest BCUT2D eigenvalue weighted by Crippen LogP contribution is 2.11. The second-order valence-electron chi connectivity index (χ2n) is 3.82. The second kappa shape index (κ2) is 6.27. The summed E-state index contributed by atoms with van der Waals surface area (Å²) in [7, 11) is 0. The van der Waals surface area contributed by atoms with E-state index in [1.54, 1.807) is 10.9 Å². The summed E-state index contributed by atoms with van der Waals surface area (Å²) < 4.78 is 1.78. The van der Waals surface area contributed by atoms with E-state index in [0.717, 1.165) is 25.2 Å². The first-order valence-corrected chi connectivity index (χ1v) is 5.71. The Morgan fingerprint density at radius 3 is 2.94 bits per heavy atom. The molecule has 0 fully saturated rings. The number of hydrogen-bond donors (Lipinski definition) is 2. The molecule has 1 rings (SSSR count). The molecular weight excluding hydrogens is 204 g/mol. The number of nitrogens with zero attached hydrogens (tertiary/aromatic N) is 2. The van der Waals surface area contributed by atoms with Crippen LogP contribution in [-0.2, 0) is 11.3 Å². The Morgan fingerprint density at radius 1 is 1.62 bits per heavy atom. The predicted octanol–water partition coefficient (Wildman–Crippen LogP) is 0.819. The van der Waals surface area contributed by atoms with Crippen LogP contribution in [0.25, 0.3) is 0 Å². The lowest BCUT2D eigenvalue weighted by Gasteiger charge is -2.11. The van der Waals surface area contributed by atoms with Gasteiger partial charge >= 0.3 is 0 Å². The zero-order valence-corrected chi connectivity index (χ0v) is 9.94. The van der Waals surface area contributed by atoms with Gasteiger partial charge in [-0.1, -0.05) is 13.8 Å². The molecule has 1 unspecified atom stereocenters. The number of amides is 1. The topological polar surface area (TPSA) is 72.9 Å². The van der Waals surface area contributed by atoms with Gasteiger partial charge in [0.1, 0.15) is 6.04 Å². The molecule has 0 radical (unpaired) electrons. The zero-order valence-electron chi connectivity index (χ0n) is 9.94. The fourth-order valence-electron chi connectivity index (χ4n) is 1.59. The summed E-state index contributed by atoms with van der Waals surface area (Å²) in [5.41, 5.74) is 6.25. The van der Waals surface area contributed by atoms with E-state index < -0.39 is 0 Å². The number of rotatable bonds is 7. The van der Waals surface area contributed by atoms with Gasteiger partial charge in [0, 0.05) is 12.7 Å². The van der Waals surface area contributed by atoms with E-state index in [-0.39, 0.29) is 11.9 Å². The maximum Gasteiger partial charge on any atom is 0.240 e. The molecule has 0 aliphatic carbocycles. The quantitative estimate of drug-likeness (QED) is 0.673. The largest absolute Gasteiger partial charge is 0.368 e.